The molecular weight excluding hydrogens is 411 g/mol. The third kappa shape index (κ3) is 4.99. The minimum Gasteiger partial charge on any atom is -0.465 e. The molecule has 0 fully saturated rings. The van der Waals surface area contributed by atoms with Crippen molar-refractivity contribution in [2.24, 2.45) is 0 Å². The van der Waals surface area contributed by atoms with Crippen molar-refractivity contribution < 1.29 is 27.1 Å². The number of carbonyl (C=O) groups excluding carboxylic acids is 2. The predicted octanol–water partition coefficient (Wildman–Crippen LogP) is 3.06. The van der Waals surface area contributed by atoms with Crippen molar-refractivity contribution in [3.63, 3.8) is 0 Å². The minimum absolute atomic E-state index is 0.000409. The van der Waals surface area contributed by atoms with Crippen LogP contribution in [-0.2, 0) is 19.6 Å². The van der Waals surface area contributed by atoms with Crippen LogP contribution < -0.4 is 9.62 Å². The molecule has 2 aromatic carbocycles. The number of methoxy groups -OCH3 is 1. The number of ether oxygens (including phenoxy) is 1. The molecule has 0 aliphatic carbocycles. The van der Waals surface area contributed by atoms with Crippen LogP contribution in [0.25, 0.3) is 0 Å². The quantitative estimate of drug-likeness (QED) is 0.714. The van der Waals surface area contributed by atoms with Crippen LogP contribution in [0.1, 0.15) is 17.3 Å². The average Bonchev–Trinajstić information content (AvgIpc) is 2.61. The second-order valence-corrected chi connectivity index (χ2v) is 8.16. The first-order valence-corrected chi connectivity index (χ1v) is 10.2. The number of sulfonamides is 1. The van der Waals surface area contributed by atoms with Crippen LogP contribution in [0.2, 0.25) is 5.02 Å². The number of nitrogens with zero attached hydrogens (tertiary/aromatic N) is 1. The molecule has 0 aliphatic rings. The summed E-state index contributed by atoms with van der Waals surface area (Å²) >= 11 is 6.05. The Bertz CT molecular complexity index is 1010. The first-order chi connectivity index (χ1) is 13.0. The fraction of sp³-hybridized carbons (Fsp3) is 0.222. The van der Waals surface area contributed by atoms with Crippen molar-refractivity contribution >= 4 is 44.9 Å². The number of hydrogen-bond acceptors (Lipinski definition) is 5. The molecular formula is C18H18ClFN2O5S. The van der Waals surface area contributed by atoms with Crippen LogP contribution in [0.15, 0.2) is 42.5 Å². The molecule has 0 radical (unpaired) electrons. The van der Waals surface area contributed by atoms with Gasteiger partial charge in [-0.2, -0.15) is 0 Å². The SMILES string of the molecule is COC(=O)c1ccc(Cl)c(NC(=O)C(C)N(c2cccc(F)c2)S(C)(=O)=O)c1. The highest BCUT2D eigenvalue weighted by Crippen LogP contribution is 2.26. The van der Waals surface area contributed by atoms with Crippen LogP contribution in [0.5, 0.6) is 0 Å². The second-order valence-electron chi connectivity index (χ2n) is 5.89. The van der Waals surface area contributed by atoms with Gasteiger partial charge in [0.05, 0.1) is 35.3 Å². The maximum Gasteiger partial charge on any atom is 0.337 e. The molecule has 28 heavy (non-hydrogen) atoms. The number of benzene rings is 2. The number of esters is 1. The maximum absolute atomic E-state index is 13.6. The third-order valence-corrected chi connectivity index (χ3v) is 5.37. The van der Waals surface area contributed by atoms with Crippen molar-refractivity contribution in [2.75, 3.05) is 23.0 Å². The standard InChI is InChI=1S/C18H18ClFN2O5S/c1-11(22(28(3,25)26)14-6-4-5-13(20)10-14)17(23)21-16-9-12(18(24)27-2)7-8-15(16)19/h4-11H,1-3H3,(H,21,23). The number of halogens is 2. The summed E-state index contributed by atoms with van der Waals surface area (Å²) in [7, 11) is -2.70. The van der Waals surface area contributed by atoms with Gasteiger partial charge in [-0.05, 0) is 43.3 Å². The van der Waals surface area contributed by atoms with E-state index < -0.39 is 33.8 Å². The largest absolute Gasteiger partial charge is 0.465 e. The van der Waals surface area contributed by atoms with E-state index in [4.69, 9.17) is 11.6 Å². The second kappa shape index (κ2) is 8.57. The number of nitrogens with one attached hydrogen (secondary N) is 1. The van der Waals surface area contributed by atoms with Gasteiger partial charge in [-0.15, -0.1) is 0 Å². The highest BCUT2D eigenvalue weighted by atomic mass is 35.5. The Labute approximate surface area is 167 Å². The van der Waals surface area contributed by atoms with Crippen molar-refractivity contribution in [2.45, 2.75) is 13.0 Å². The summed E-state index contributed by atoms with van der Waals surface area (Å²) in [5.41, 5.74) is 0.258. The Morgan fingerprint density at radius 2 is 1.89 bits per heavy atom. The van der Waals surface area contributed by atoms with Gasteiger partial charge in [0.2, 0.25) is 15.9 Å². The molecule has 1 atom stereocenters. The van der Waals surface area contributed by atoms with E-state index in [2.05, 4.69) is 10.1 Å². The van der Waals surface area contributed by atoms with Crippen molar-refractivity contribution in [1.29, 1.82) is 0 Å². The van der Waals surface area contributed by atoms with E-state index in [0.717, 1.165) is 22.7 Å². The molecule has 0 aliphatic heterocycles. The van der Waals surface area contributed by atoms with Gasteiger partial charge in [0.25, 0.3) is 0 Å². The molecule has 0 spiro atoms. The van der Waals surface area contributed by atoms with E-state index in [1.54, 1.807) is 0 Å². The summed E-state index contributed by atoms with van der Waals surface area (Å²) in [5.74, 6) is -2.00. The Morgan fingerprint density at radius 1 is 1.21 bits per heavy atom. The van der Waals surface area contributed by atoms with Crippen LogP contribution in [0, 0.1) is 5.82 Å². The molecule has 0 aromatic heterocycles. The number of carbonyl (C=O) groups is 2. The summed E-state index contributed by atoms with van der Waals surface area (Å²) in [5, 5.41) is 2.63. The molecule has 0 heterocycles. The molecule has 0 saturated heterocycles. The number of hydrogen-bond donors (Lipinski definition) is 1. The fourth-order valence-electron chi connectivity index (χ4n) is 2.53. The lowest BCUT2D eigenvalue weighted by Gasteiger charge is -2.28. The van der Waals surface area contributed by atoms with Gasteiger partial charge in [-0.1, -0.05) is 17.7 Å². The monoisotopic (exact) mass is 428 g/mol. The molecule has 10 heteroatoms. The normalized spacial score (nSPS) is 12.2. The van der Waals surface area contributed by atoms with Crippen LogP contribution >= 0.6 is 11.6 Å². The summed E-state index contributed by atoms with van der Waals surface area (Å²) in [4.78, 5) is 24.3. The summed E-state index contributed by atoms with van der Waals surface area (Å²) in [6.07, 6.45) is 0.909. The number of rotatable bonds is 6. The molecule has 1 amide bonds. The van der Waals surface area contributed by atoms with E-state index in [0.29, 0.717) is 0 Å². The summed E-state index contributed by atoms with van der Waals surface area (Å²) in [6, 6.07) is 7.78. The van der Waals surface area contributed by atoms with Crippen molar-refractivity contribution in [3.8, 4) is 0 Å². The molecule has 7 nitrogen and oxygen atoms in total. The van der Waals surface area contributed by atoms with E-state index in [9.17, 15) is 22.4 Å². The molecule has 2 rings (SSSR count). The molecule has 0 bridgehead atoms. The van der Waals surface area contributed by atoms with Crippen LogP contribution in [-0.4, -0.2) is 39.7 Å². The lowest BCUT2D eigenvalue weighted by Crippen LogP contribution is -2.45. The fourth-order valence-corrected chi connectivity index (χ4v) is 3.86. The van der Waals surface area contributed by atoms with Crippen molar-refractivity contribution in [3.05, 3.63) is 58.9 Å². The minimum atomic E-state index is -3.91. The first kappa shape index (κ1) is 21.6. The molecule has 0 saturated carbocycles. The van der Waals surface area contributed by atoms with Gasteiger partial charge >= 0.3 is 5.97 Å². The van der Waals surface area contributed by atoms with Gasteiger partial charge < -0.3 is 10.1 Å². The smallest absolute Gasteiger partial charge is 0.337 e. The number of anilines is 2. The molecule has 150 valence electrons. The highest BCUT2D eigenvalue weighted by Gasteiger charge is 2.29. The molecule has 1 unspecified atom stereocenters. The van der Waals surface area contributed by atoms with Gasteiger partial charge in [0, 0.05) is 0 Å². The van der Waals surface area contributed by atoms with E-state index >= 15 is 0 Å². The van der Waals surface area contributed by atoms with Gasteiger partial charge in [-0.3, -0.25) is 9.10 Å². The van der Waals surface area contributed by atoms with Gasteiger partial charge in [0.1, 0.15) is 11.9 Å². The van der Waals surface area contributed by atoms with Crippen LogP contribution in [0.4, 0.5) is 15.8 Å². The zero-order valence-corrected chi connectivity index (χ0v) is 16.8. The summed E-state index contributed by atoms with van der Waals surface area (Å²) in [6.45, 7) is 1.35. The Morgan fingerprint density at radius 3 is 2.46 bits per heavy atom. The average molecular weight is 429 g/mol. The molecule has 1 N–H and O–H groups in total. The zero-order valence-electron chi connectivity index (χ0n) is 15.3. The third-order valence-electron chi connectivity index (χ3n) is 3.80. The van der Waals surface area contributed by atoms with Gasteiger partial charge in [-0.25, -0.2) is 17.6 Å². The Kier molecular flexibility index (Phi) is 6.63. The number of amides is 1. The molecule has 2 aromatic rings. The van der Waals surface area contributed by atoms with Crippen LogP contribution in [0.3, 0.4) is 0 Å². The van der Waals surface area contributed by atoms with E-state index in [1.807, 2.05) is 0 Å². The summed E-state index contributed by atoms with van der Waals surface area (Å²) < 4.78 is 43.4. The van der Waals surface area contributed by atoms with E-state index in [1.165, 1.54) is 44.4 Å². The highest BCUT2D eigenvalue weighted by molar-refractivity contribution is 7.92. The lowest BCUT2D eigenvalue weighted by atomic mass is 10.2. The zero-order chi connectivity index (χ0) is 21.1. The maximum atomic E-state index is 13.6. The predicted molar refractivity (Wildman–Crippen MR) is 105 cm³/mol. The first-order valence-electron chi connectivity index (χ1n) is 7.98. The van der Waals surface area contributed by atoms with Gasteiger partial charge in [0.15, 0.2) is 0 Å². The van der Waals surface area contributed by atoms with Crippen molar-refractivity contribution in [1.82, 2.24) is 0 Å². The lowest BCUT2D eigenvalue weighted by molar-refractivity contribution is -0.116. The Balaban J connectivity index is 2.35. The Hall–Kier alpha value is -2.65. The van der Waals surface area contributed by atoms with E-state index in [-0.39, 0.29) is 22.0 Å². The topological polar surface area (TPSA) is 92.8 Å².